The van der Waals surface area contributed by atoms with Crippen LogP contribution in [-0.4, -0.2) is 17.0 Å². The first-order valence-electron chi connectivity index (χ1n) is 6.20. The van der Waals surface area contributed by atoms with Gasteiger partial charge in [0.05, 0.1) is 10.0 Å². The highest BCUT2D eigenvalue weighted by molar-refractivity contribution is 9.10. The highest BCUT2D eigenvalue weighted by Gasteiger charge is 2.12. The van der Waals surface area contributed by atoms with Gasteiger partial charge in [-0.25, -0.2) is 9.97 Å². The summed E-state index contributed by atoms with van der Waals surface area (Å²) in [6, 6.07) is 7.72. The standard InChI is InChI=1S/C14H16BrN3O/c1-3-6-10-13(16-2)17-9-18-14(10)19-12-8-5-4-7-11(12)15/h4-5,7-9H,3,6H2,1-2H3,(H,16,17,18). The van der Waals surface area contributed by atoms with Crippen LogP contribution in [0.4, 0.5) is 5.82 Å². The van der Waals surface area contributed by atoms with Crippen molar-refractivity contribution in [2.45, 2.75) is 19.8 Å². The summed E-state index contributed by atoms with van der Waals surface area (Å²) in [5.41, 5.74) is 1.00. The Bertz CT molecular complexity index is 560. The summed E-state index contributed by atoms with van der Waals surface area (Å²) in [4.78, 5) is 8.47. The molecule has 5 heteroatoms. The zero-order valence-electron chi connectivity index (χ0n) is 11.0. The van der Waals surface area contributed by atoms with E-state index >= 15 is 0 Å². The van der Waals surface area contributed by atoms with Crippen molar-refractivity contribution in [2.24, 2.45) is 0 Å². The van der Waals surface area contributed by atoms with Gasteiger partial charge in [-0.1, -0.05) is 25.5 Å². The number of nitrogens with one attached hydrogen (secondary N) is 1. The van der Waals surface area contributed by atoms with Gasteiger partial charge >= 0.3 is 0 Å². The van der Waals surface area contributed by atoms with Gasteiger partial charge in [0.1, 0.15) is 17.9 Å². The van der Waals surface area contributed by atoms with Crippen molar-refractivity contribution in [1.29, 1.82) is 0 Å². The highest BCUT2D eigenvalue weighted by Crippen LogP contribution is 2.32. The van der Waals surface area contributed by atoms with E-state index < -0.39 is 0 Å². The first-order chi connectivity index (χ1) is 9.26. The Balaban J connectivity index is 2.37. The van der Waals surface area contributed by atoms with Gasteiger partial charge in [-0.2, -0.15) is 0 Å². The van der Waals surface area contributed by atoms with Crippen molar-refractivity contribution >= 4 is 21.7 Å². The molecule has 0 aliphatic rings. The van der Waals surface area contributed by atoms with Gasteiger partial charge in [0, 0.05) is 7.05 Å². The minimum Gasteiger partial charge on any atom is -0.437 e. The van der Waals surface area contributed by atoms with E-state index in [4.69, 9.17) is 4.74 Å². The largest absolute Gasteiger partial charge is 0.437 e. The van der Waals surface area contributed by atoms with Crippen LogP contribution >= 0.6 is 15.9 Å². The minimum absolute atomic E-state index is 0.605. The molecule has 0 bridgehead atoms. The van der Waals surface area contributed by atoms with Gasteiger partial charge in [-0.3, -0.25) is 0 Å². The fourth-order valence-electron chi connectivity index (χ4n) is 1.81. The second-order valence-corrected chi connectivity index (χ2v) is 4.89. The van der Waals surface area contributed by atoms with Gasteiger partial charge in [0.15, 0.2) is 0 Å². The third-order valence-electron chi connectivity index (χ3n) is 2.69. The summed E-state index contributed by atoms with van der Waals surface area (Å²) in [6.45, 7) is 2.12. The zero-order chi connectivity index (χ0) is 13.7. The molecular weight excluding hydrogens is 306 g/mol. The molecule has 2 aromatic rings. The van der Waals surface area contributed by atoms with E-state index in [2.05, 4.69) is 38.1 Å². The van der Waals surface area contributed by atoms with Gasteiger partial charge in [-0.05, 0) is 34.5 Å². The fraction of sp³-hybridized carbons (Fsp3) is 0.286. The zero-order valence-corrected chi connectivity index (χ0v) is 12.6. The molecule has 0 spiro atoms. The first-order valence-corrected chi connectivity index (χ1v) is 6.99. The van der Waals surface area contributed by atoms with Crippen molar-refractivity contribution in [1.82, 2.24) is 9.97 Å². The van der Waals surface area contributed by atoms with E-state index in [9.17, 15) is 0 Å². The predicted molar refractivity (Wildman–Crippen MR) is 79.8 cm³/mol. The number of aromatic nitrogens is 2. The van der Waals surface area contributed by atoms with Crippen LogP contribution in [0.3, 0.4) is 0 Å². The molecule has 2 rings (SSSR count). The van der Waals surface area contributed by atoms with E-state index in [1.54, 1.807) is 0 Å². The quantitative estimate of drug-likeness (QED) is 0.903. The molecule has 0 aliphatic carbocycles. The lowest BCUT2D eigenvalue weighted by atomic mass is 10.1. The average Bonchev–Trinajstić information content (AvgIpc) is 2.43. The number of anilines is 1. The first kappa shape index (κ1) is 13.8. The van der Waals surface area contributed by atoms with E-state index in [0.717, 1.165) is 34.4 Å². The van der Waals surface area contributed by atoms with E-state index in [0.29, 0.717) is 5.88 Å². The van der Waals surface area contributed by atoms with Crippen LogP contribution in [0.15, 0.2) is 35.1 Å². The molecule has 1 aromatic heterocycles. The normalized spacial score (nSPS) is 10.3. The lowest BCUT2D eigenvalue weighted by Gasteiger charge is -2.13. The fourth-order valence-corrected chi connectivity index (χ4v) is 2.17. The molecule has 1 heterocycles. The summed E-state index contributed by atoms with van der Waals surface area (Å²) in [7, 11) is 1.85. The Morgan fingerprint density at radius 3 is 2.74 bits per heavy atom. The average molecular weight is 322 g/mol. The molecule has 0 unspecified atom stereocenters. The van der Waals surface area contributed by atoms with Crippen molar-refractivity contribution in [3.05, 3.63) is 40.6 Å². The second-order valence-electron chi connectivity index (χ2n) is 4.04. The third-order valence-corrected chi connectivity index (χ3v) is 3.34. The number of hydrogen-bond donors (Lipinski definition) is 1. The summed E-state index contributed by atoms with van der Waals surface area (Å²) >= 11 is 3.47. The van der Waals surface area contributed by atoms with Crippen LogP contribution in [0.1, 0.15) is 18.9 Å². The van der Waals surface area contributed by atoms with Gasteiger partial charge < -0.3 is 10.1 Å². The van der Waals surface area contributed by atoms with Crippen LogP contribution in [-0.2, 0) is 6.42 Å². The smallest absolute Gasteiger partial charge is 0.227 e. The molecule has 100 valence electrons. The van der Waals surface area contributed by atoms with Crippen LogP contribution in [0.2, 0.25) is 0 Å². The maximum Gasteiger partial charge on any atom is 0.227 e. The third kappa shape index (κ3) is 3.23. The van der Waals surface area contributed by atoms with Gasteiger partial charge in [-0.15, -0.1) is 0 Å². The minimum atomic E-state index is 0.605. The Kier molecular flexibility index (Phi) is 4.74. The highest BCUT2D eigenvalue weighted by atomic mass is 79.9. The Labute approximate surface area is 121 Å². The molecule has 0 saturated carbocycles. The van der Waals surface area contributed by atoms with Crippen LogP contribution in [0.5, 0.6) is 11.6 Å². The van der Waals surface area contributed by atoms with Gasteiger partial charge in [0.25, 0.3) is 0 Å². The monoisotopic (exact) mass is 321 g/mol. The Hall–Kier alpha value is -1.62. The molecule has 19 heavy (non-hydrogen) atoms. The van der Waals surface area contributed by atoms with Gasteiger partial charge in [0.2, 0.25) is 5.88 Å². The van der Waals surface area contributed by atoms with Crippen LogP contribution in [0.25, 0.3) is 0 Å². The SMILES string of the molecule is CCCc1c(NC)ncnc1Oc1ccccc1Br. The molecule has 4 nitrogen and oxygen atoms in total. The van der Waals surface area contributed by atoms with E-state index in [1.807, 2.05) is 31.3 Å². The molecule has 0 fully saturated rings. The van der Waals surface area contributed by atoms with Crippen molar-refractivity contribution in [2.75, 3.05) is 12.4 Å². The topological polar surface area (TPSA) is 47.0 Å². The van der Waals surface area contributed by atoms with Crippen molar-refractivity contribution in [3.63, 3.8) is 0 Å². The molecule has 0 radical (unpaired) electrons. The number of benzene rings is 1. The molecule has 1 aromatic carbocycles. The van der Waals surface area contributed by atoms with E-state index in [1.165, 1.54) is 6.33 Å². The summed E-state index contributed by atoms with van der Waals surface area (Å²) < 4.78 is 6.80. The molecular formula is C14H16BrN3O. The van der Waals surface area contributed by atoms with Crippen molar-refractivity contribution < 1.29 is 4.74 Å². The molecule has 1 N–H and O–H groups in total. The number of rotatable bonds is 5. The summed E-state index contributed by atoms with van der Waals surface area (Å²) in [6.07, 6.45) is 3.39. The molecule has 0 saturated heterocycles. The van der Waals surface area contributed by atoms with Crippen molar-refractivity contribution in [3.8, 4) is 11.6 Å². The lowest BCUT2D eigenvalue weighted by molar-refractivity contribution is 0.452. The number of nitrogens with zero attached hydrogens (tertiary/aromatic N) is 2. The number of hydrogen-bond acceptors (Lipinski definition) is 4. The number of halogens is 1. The second kappa shape index (κ2) is 6.52. The summed E-state index contributed by atoms with van der Waals surface area (Å²) in [5, 5.41) is 3.08. The molecule has 0 amide bonds. The lowest BCUT2D eigenvalue weighted by Crippen LogP contribution is -2.03. The Morgan fingerprint density at radius 2 is 2.05 bits per heavy atom. The summed E-state index contributed by atoms with van der Waals surface area (Å²) in [5.74, 6) is 2.17. The molecule has 0 aliphatic heterocycles. The molecule has 0 atom stereocenters. The predicted octanol–water partition coefficient (Wildman–Crippen LogP) is 4.03. The number of para-hydroxylation sites is 1. The number of ether oxygens (including phenoxy) is 1. The maximum atomic E-state index is 5.90. The Morgan fingerprint density at radius 1 is 1.26 bits per heavy atom. The van der Waals surface area contributed by atoms with Crippen LogP contribution in [0, 0.1) is 0 Å². The van der Waals surface area contributed by atoms with E-state index in [-0.39, 0.29) is 0 Å². The van der Waals surface area contributed by atoms with Crippen LogP contribution < -0.4 is 10.1 Å². The maximum absolute atomic E-state index is 5.90.